The molecule has 1 aromatic carbocycles. The van der Waals surface area contributed by atoms with Crippen molar-refractivity contribution in [1.82, 2.24) is 58.1 Å². The third-order valence-corrected chi connectivity index (χ3v) is 11.2. The van der Waals surface area contributed by atoms with Crippen LogP contribution < -0.4 is 53.2 Å². The summed E-state index contributed by atoms with van der Waals surface area (Å²) in [5.41, 5.74) is -3.28. The lowest BCUT2D eigenvalue weighted by molar-refractivity contribution is -0.143. The second-order valence-corrected chi connectivity index (χ2v) is 24.3. The van der Waals surface area contributed by atoms with Crippen LogP contribution in [0, 0.1) is 0 Å². The van der Waals surface area contributed by atoms with E-state index in [1.807, 2.05) is 0 Å². The minimum absolute atomic E-state index is 0.304. The quantitative estimate of drug-likeness (QED) is 0.0426. The van der Waals surface area contributed by atoms with Gasteiger partial charge in [-0.1, -0.05) is 30.3 Å². The van der Waals surface area contributed by atoms with Gasteiger partial charge in [0.15, 0.2) is 0 Å². The van der Waals surface area contributed by atoms with Gasteiger partial charge in [0.25, 0.3) is 0 Å². The molecule has 0 aliphatic carbocycles. The summed E-state index contributed by atoms with van der Waals surface area (Å²) in [6, 6.07) is -2.64. The second-order valence-electron chi connectivity index (χ2n) is 24.3. The van der Waals surface area contributed by atoms with Crippen molar-refractivity contribution in [1.29, 1.82) is 0 Å². The summed E-state index contributed by atoms with van der Waals surface area (Å²) in [5, 5.41) is 64.3. The molecule has 0 aliphatic rings. The average molecular weight is 1270 g/mol. The molecule has 0 fully saturated rings. The molecule has 0 radical (unpaired) electrons. The number of nitrogens with zero attached hydrogens (tertiary/aromatic N) is 1. The standard InChI is InChI=1S/C56H91N11O22/c1-31(68)40(44(74)63-36(46(76)77)22-26-59-50(82)88-55(9,10)11)65-42(72)34(20-24-57-48(80)86-53(3,4)5)61-38(70)28-67(52(84)85-30-33-18-16-15-17-19-33)29-39(71)62-35(21-25-58-49(81)87-54(6,7)8)43(73)66-41(32(2)69)45(75)64-37(47(78)79)23-27-60-51(83)89-56(12,13)14/h15-19,31-32,34-37,40-41,68-69H,20-30H2,1-14H3,(H,57,80)(H,58,81)(H,59,82)(H,60,83)(H,61,70)(H,62,71)(H,63,74)(H,64,75)(H,65,72)(H,66,73)(H,76,77)(H,78,79)/t31-,32-,34+,35?,36+,37?,40?,41+/m1/s1. The van der Waals surface area contributed by atoms with Gasteiger partial charge in [0, 0.05) is 26.2 Å². The van der Waals surface area contributed by atoms with Crippen LogP contribution in [0.15, 0.2) is 30.3 Å². The van der Waals surface area contributed by atoms with Crippen LogP contribution in [0.1, 0.15) is 128 Å². The van der Waals surface area contributed by atoms with E-state index in [0.29, 0.717) is 10.5 Å². The molecule has 0 heterocycles. The van der Waals surface area contributed by atoms with E-state index < -0.39 is 207 Å². The molecule has 0 saturated carbocycles. The van der Waals surface area contributed by atoms with Gasteiger partial charge in [0.1, 0.15) is 78.4 Å². The first-order valence-corrected chi connectivity index (χ1v) is 28.4. The second kappa shape index (κ2) is 36.5. The smallest absolute Gasteiger partial charge is 0.411 e. The first-order valence-electron chi connectivity index (χ1n) is 28.4. The zero-order valence-corrected chi connectivity index (χ0v) is 52.9. The number of hydrogen-bond donors (Lipinski definition) is 14. The van der Waals surface area contributed by atoms with Gasteiger partial charge in [-0.3, -0.25) is 33.7 Å². The van der Waals surface area contributed by atoms with Crippen LogP contribution in [0.2, 0.25) is 0 Å². The number of aliphatic hydroxyl groups excluding tert-OH is 2. The summed E-state index contributed by atoms with van der Waals surface area (Å²) in [6.07, 6.45) is -10.2. The number of carbonyl (C=O) groups excluding carboxylic acids is 11. The summed E-state index contributed by atoms with van der Waals surface area (Å²) in [4.78, 5) is 172. The van der Waals surface area contributed by atoms with Crippen molar-refractivity contribution < 1.29 is 106 Å². The zero-order chi connectivity index (χ0) is 68.2. The van der Waals surface area contributed by atoms with Gasteiger partial charge in [0.2, 0.25) is 35.4 Å². The third kappa shape index (κ3) is 35.0. The summed E-state index contributed by atoms with van der Waals surface area (Å²) >= 11 is 0. The van der Waals surface area contributed by atoms with Crippen LogP contribution in [0.25, 0.3) is 0 Å². The average Bonchev–Trinajstić information content (AvgIpc) is 3.52. The summed E-state index contributed by atoms with van der Waals surface area (Å²) in [7, 11) is 0. The van der Waals surface area contributed by atoms with Crippen LogP contribution in [0.4, 0.5) is 24.0 Å². The van der Waals surface area contributed by atoms with E-state index in [2.05, 4.69) is 53.2 Å². The van der Waals surface area contributed by atoms with Gasteiger partial charge in [-0.05, 0) is 128 Å². The Morgan fingerprint density at radius 2 is 0.719 bits per heavy atom. The molecule has 8 atom stereocenters. The molecule has 0 aromatic heterocycles. The maximum absolute atomic E-state index is 14.1. The van der Waals surface area contributed by atoms with Crippen molar-refractivity contribution in [2.45, 2.75) is 200 Å². The molecular formula is C56H91N11O22. The maximum atomic E-state index is 14.1. The number of rotatable bonds is 32. The Balaban J connectivity index is 3.68. The zero-order valence-electron chi connectivity index (χ0n) is 52.9. The highest BCUT2D eigenvalue weighted by Crippen LogP contribution is 2.12. The highest BCUT2D eigenvalue weighted by Gasteiger charge is 2.36. The molecule has 0 bridgehead atoms. The lowest BCUT2D eigenvalue weighted by Gasteiger charge is -2.28. The topological polar surface area (TPSA) is 473 Å². The molecule has 0 spiro atoms. The Bertz CT molecular complexity index is 2430. The highest BCUT2D eigenvalue weighted by molar-refractivity contribution is 5.96. The Kier molecular flexibility index (Phi) is 32.1. The van der Waals surface area contributed by atoms with Gasteiger partial charge in [-0.15, -0.1) is 0 Å². The van der Waals surface area contributed by atoms with Crippen molar-refractivity contribution in [3.05, 3.63) is 35.9 Å². The molecule has 11 amide bonds. The SMILES string of the molecule is C[C@@H](O)C(NC(=O)[C@H](CCNC(=O)OC(C)(C)C)NC(=O)CN(CC(=O)NC(CCNC(=O)OC(C)(C)C)C(=O)N[C@H](C(=O)NC(CCNC(=O)OC(C)(C)C)C(=O)O)[C@@H](C)O)C(=O)OCc1ccccc1)C(=O)N[C@@H](CCNC(=O)OC(C)(C)C)C(=O)O. The minimum Gasteiger partial charge on any atom is -0.480 e. The Hall–Kier alpha value is -8.75. The number of carboxylic acid groups (broad SMARTS) is 2. The van der Waals surface area contributed by atoms with Crippen molar-refractivity contribution in [3.63, 3.8) is 0 Å². The van der Waals surface area contributed by atoms with E-state index in [1.54, 1.807) is 113 Å². The van der Waals surface area contributed by atoms with Crippen LogP contribution in [0.5, 0.6) is 0 Å². The number of alkyl carbamates (subject to hydrolysis) is 4. The van der Waals surface area contributed by atoms with Gasteiger partial charge < -0.3 is 97.3 Å². The van der Waals surface area contributed by atoms with E-state index in [9.17, 15) is 82.8 Å². The fourth-order valence-corrected chi connectivity index (χ4v) is 7.25. The molecule has 1 aromatic rings. The van der Waals surface area contributed by atoms with E-state index in [1.165, 1.54) is 0 Å². The fraction of sp³-hybridized carbons (Fsp3) is 0.661. The van der Waals surface area contributed by atoms with Crippen LogP contribution in [0.3, 0.4) is 0 Å². The molecule has 0 aliphatic heterocycles. The van der Waals surface area contributed by atoms with Crippen molar-refractivity contribution in [3.8, 4) is 0 Å². The normalized spacial score (nSPS) is 14.2. The van der Waals surface area contributed by atoms with Crippen molar-refractivity contribution in [2.24, 2.45) is 0 Å². The van der Waals surface area contributed by atoms with Gasteiger partial charge in [-0.25, -0.2) is 33.6 Å². The number of aliphatic carboxylic acids is 2. The molecule has 502 valence electrons. The van der Waals surface area contributed by atoms with E-state index >= 15 is 0 Å². The Morgan fingerprint density at radius 1 is 0.427 bits per heavy atom. The first-order chi connectivity index (χ1) is 40.9. The van der Waals surface area contributed by atoms with Crippen LogP contribution >= 0.6 is 0 Å². The van der Waals surface area contributed by atoms with Gasteiger partial charge in [-0.2, -0.15) is 0 Å². The minimum atomic E-state index is -1.91. The van der Waals surface area contributed by atoms with Crippen LogP contribution in [-0.2, 0) is 68.6 Å². The Morgan fingerprint density at radius 3 is 0.989 bits per heavy atom. The number of aliphatic hydroxyl groups is 2. The van der Waals surface area contributed by atoms with E-state index in [-0.39, 0.29) is 13.1 Å². The van der Waals surface area contributed by atoms with Crippen molar-refractivity contribution >= 4 is 77.8 Å². The lowest BCUT2D eigenvalue weighted by Crippen LogP contribution is -2.60. The summed E-state index contributed by atoms with van der Waals surface area (Å²) < 4.78 is 26.2. The molecule has 33 nitrogen and oxygen atoms in total. The monoisotopic (exact) mass is 1270 g/mol. The largest absolute Gasteiger partial charge is 0.480 e. The first kappa shape index (κ1) is 78.3. The number of amides is 11. The molecule has 14 N–H and O–H groups in total. The van der Waals surface area contributed by atoms with Gasteiger partial charge >= 0.3 is 42.4 Å². The van der Waals surface area contributed by atoms with E-state index in [0.717, 1.165) is 13.8 Å². The number of carbonyl (C=O) groups is 13. The van der Waals surface area contributed by atoms with Crippen LogP contribution in [-0.4, -0.2) is 213 Å². The Labute approximate surface area is 516 Å². The van der Waals surface area contributed by atoms with Crippen molar-refractivity contribution in [2.75, 3.05) is 39.3 Å². The number of benzene rings is 1. The summed E-state index contributed by atoms with van der Waals surface area (Å²) in [5.74, 6) is -10.4. The summed E-state index contributed by atoms with van der Waals surface area (Å²) in [6.45, 7) is 17.1. The fourth-order valence-electron chi connectivity index (χ4n) is 7.25. The molecule has 3 unspecified atom stereocenters. The van der Waals surface area contributed by atoms with E-state index in [4.69, 9.17) is 23.7 Å². The number of hydrogen-bond acceptors (Lipinski definition) is 20. The number of nitrogens with one attached hydrogen (secondary N) is 10. The lowest BCUT2D eigenvalue weighted by atomic mass is 10.1. The molecule has 0 saturated heterocycles. The highest BCUT2D eigenvalue weighted by atomic mass is 16.6. The molecule has 1 rings (SSSR count). The third-order valence-electron chi connectivity index (χ3n) is 11.2. The van der Waals surface area contributed by atoms with Gasteiger partial charge in [0.05, 0.1) is 12.2 Å². The molecule has 89 heavy (non-hydrogen) atoms. The number of carboxylic acids is 2. The molecule has 33 heteroatoms. The molecular weight excluding hydrogens is 1180 g/mol. The maximum Gasteiger partial charge on any atom is 0.411 e. The number of ether oxygens (including phenoxy) is 5. The predicted molar refractivity (Wildman–Crippen MR) is 314 cm³/mol. The predicted octanol–water partition coefficient (Wildman–Crippen LogP) is 0.124.